The molecule has 1 aliphatic heterocycles. The van der Waals surface area contributed by atoms with Crippen LogP contribution >= 0.6 is 0 Å². The Morgan fingerprint density at radius 3 is 3.00 bits per heavy atom. The van der Waals surface area contributed by atoms with Crippen LogP contribution in [0.4, 0.5) is 0 Å². The molecule has 3 N–H and O–H groups in total. The van der Waals surface area contributed by atoms with E-state index in [0.29, 0.717) is 6.61 Å². The summed E-state index contributed by atoms with van der Waals surface area (Å²) in [4.78, 5) is 0. The summed E-state index contributed by atoms with van der Waals surface area (Å²) < 4.78 is 5.35. The molecule has 62 valence electrons. The molecular formula is C9H10N2O. The van der Waals surface area contributed by atoms with Crippen molar-refractivity contribution in [2.75, 3.05) is 6.61 Å². The second kappa shape index (κ2) is 2.52. The fraction of sp³-hybridized carbons (Fsp3) is 0.222. The van der Waals surface area contributed by atoms with Gasteiger partial charge in [-0.25, -0.2) is 0 Å². The minimum atomic E-state index is -0.0406. The number of hydrogen-bond donors (Lipinski definition) is 2. The van der Waals surface area contributed by atoms with Crippen LogP contribution < -0.4 is 10.5 Å². The van der Waals surface area contributed by atoms with Crippen LogP contribution in [-0.4, -0.2) is 12.4 Å². The van der Waals surface area contributed by atoms with E-state index in [-0.39, 0.29) is 11.8 Å². The molecule has 0 aliphatic carbocycles. The minimum absolute atomic E-state index is 0.0406. The van der Waals surface area contributed by atoms with E-state index in [1.165, 1.54) is 0 Å². The van der Waals surface area contributed by atoms with Crippen LogP contribution in [0.1, 0.15) is 11.5 Å². The molecule has 1 aromatic rings. The smallest absolute Gasteiger partial charge is 0.123 e. The normalized spacial score (nSPS) is 19.8. The summed E-state index contributed by atoms with van der Waals surface area (Å²) in [5.74, 6) is 0.999. The molecule has 0 amide bonds. The van der Waals surface area contributed by atoms with Gasteiger partial charge >= 0.3 is 0 Å². The van der Waals surface area contributed by atoms with Gasteiger partial charge in [-0.3, -0.25) is 5.41 Å². The van der Waals surface area contributed by atoms with Crippen molar-refractivity contribution in [1.82, 2.24) is 0 Å². The van der Waals surface area contributed by atoms with Gasteiger partial charge in [-0.2, -0.15) is 0 Å². The van der Waals surface area contributed by atoms with Gasteiger partial charge in [0.2, 0.25) is 0 Å². The highest BCUT2D eigenvalue weighted by Crippen LogP contribution is 2.32. The zero-order valence-corrected chi connectivity index (χ0v) is 6.58. The fourth-order valence-electron chi connectivity index (χ4n) is 1.42. The highest BCUT2D eigenvalue weighted by atomic mass is 16.5. The lowest BCUT2D eigenvalue weighted by atomic mass is 10.0. The predicted octanol–water partition coefficient (Wildman–Crippen LogP) is 1.10. The van der Waals surface area contributed by atoms with Crippen molar-refractivity contribution in [3.63, 3.8) is 0 Å². The number of benzene rings is 1. The molecule has 1 aromatic carbocycles. The monoisotopic (exact) mass is 162 g/mol. The topological polar surface area (TPSA) is 59.1 Å². The van der Waals surface area contributed by atoms with Crippen molar-refractivity contribution in [1.29, 1.82) is 5.41 Å². The predicted molar refractivity (Wildman–Crippen MR) is 46.6 cm³/mol. The first kappa shape index (κ1) is 7.16. The van der Waals surface area contributed by atoms with Crippen LogP contribution in [-0.2, 0) is 0 Å². The number of ether oxygens (including phenoxy) is 1. The van der Waals surface area contributed by atoms with Gasteiger partial charge in [0.25, 0.3) is 0 Å². The summed E-state index contributed by atoms with van der Waals surface area (Å²) in [5.41, 5.74) is 6.45. The average Bonchev–Trinajstić information content (AvgIpc) is 2.47. The van der Waals surface area contributed by atoms with Crippen LogP contribution in [0.25, 0.3) is 0 Å². The molecule has 0 radical (unpaired) electrons. The maximum absolute atomic E-state index is 7.32. The number of rotatable bonds is 1. The number of amidine groups is 1. The molecule has 0 spiro atoms. The first-order valence-corrected chi connectivity index (χ1v) is 3.84. The van der Waals surface area contributed by atoms with Crippen LogP contribution in [0.15, 0.2) is 24.3 Å². The Kier molecular flexibility index (Phi) is 1.50. The maximum atomic E-state index is 7.32. The summed E-state index contributed by atoms with van der Waals surface area (Å²) >= 11 is 0. The Morgan fingerprint density at radius 1 is 1.50 bits per heavy atom. The maximum Gasteiger partial charge on any atom is 0.123 e. The molecule has 1 aliphatic rings. The minimum Gasteiger partial charge on any atom is -0.492 e. The summed E-state index contributed by atoms with van der Waals surface area (Å²) in [6.07, 6.45) is 0. The molecule has 1 heterocycles. The van der Waals surface area contributed by atoms with Crippen LogP contribution in [0.3, 0.4) is 0 Å². The Bertz CT molecular complexity index is 322. The van der Waals surface area contributed by atoms with Crippen molar-refractivity contribution in [3.05, 3.63) is 29.8 Å². The lowest BCUT2D eigenvalue weighted by Crippen LogP contribution is -2.21. The highest BCUT2D eigenvalue weighted by Gasteiger charge is 2.25. The lowest BCUT2D eigenvalue weighted by Gasteiger charge is -2.04. The zero-order valence-electron chi connectivity index (χ0n) is 6.58. The third kappa shape index (κ3) is 0.942. The van der Waals surface area contributed by atoms with Crippen LogP contribution in [0.2, 0.25) is 0 Å². The van der Waals surface area contributed by atoms with E-state index in [9.17, 15) is 0 Å². The Hall–Kier alpha value is -1.51. The Labute approximate surface area is 70.7 Å². The molecule has 3 nitrogen and oxygen atoms in total. The molecule has 0 bridgehead atoms. The molecular weight excluding hydrogens is 152 g/mol. The first-order valence-electron chi connectivity index (χ1n) is 3.84. The first-order chi connectivity index (χ1) is 5.79. The van der Waals surface area contributed by atoms with Gasteiger partial charge in [0.05, 0.1) is 5.92 Å². The number of nitrogens with two attached hydrogens (primary N) is 1. The SMILES string of the molecule is N=C(N)[C@H]1COc2ccccc21. The number of hydrogen-bond acceptors (Lipinski definition) is 2. The molecule has 0 aromatic heterocycles. The van der Waals surface area contributed by atoms with E-state index in [1.807, 2.05) is 24.3 Å². The molecule has 2 rings (SSSR count). The standard InChI is InChI=1S/C9H10N2O/c10-9(11)7-5-12-8-4-2-1-3-6(7)8/h1-4,7H,5H2,(H3,10,11)/t7-/m0/s1. The highest BCUT2D eigenvalue weighted by molar-refractivity contribution is 5.86. The van der Waals surface area contributed by atoms with E-state index in [4.69, 9.17) is 15.9 Å². The number of nitrogens with one attached hydrogen (secondary N) is 1. The van der Waals surface area contributed by atoms with Crippen LogP contribution in [0.5, 0.6) is 5.75 Å². The molecule has 0 saturated carbocycles. The van der Waals surface area contributed by atoms with Gasteiger partial charge < -0.3 is 10.5 Å². The summed E-state index contributed by atoms with van der Waals surface area (Å²) in [6.45, 7) is 0.509. The van der Waals surface area contributed by atoms with Crippen molar-refractivity contribution in [2.24, 2.45) is 5.73 Å². The van der Waals surface area contributed by atoms with E-state index < -0.39 is 0 Å². The van der Waals surface area contributed by atoms with Crippen molar-refractivity contribution < 1.29 is 4.74 Å². The molecule has 12 heavy (non-hydrogen) atoms. The molecule has 3 heteroatoms. The number of fused-ring (bicyclic) bond motifs is 1. The average molecular weight is 162 g/mol. The summed E-state index contributed by atoms with van der Waals surface area (Å²) in [5, 5.41) is 7.32. The third-order valence-corrected chi connectivity index (χ3v) is 2.08. The van der Waals surface area contributed by atoms with Gasteiger partial charge in [-0.1, -0.05) is 18.2 Å². The Balaban J connectivity index is 2.42. The lowest BCUT2D eigenvalue weighted by molar-refractivity contribution is 0.349. The molecule has 0 fully saturated rings. The van der Waals surface area contributed by atoms with Gasteiger partial charge in [-0.15, -0.1) is 0 Å². The fourth-order valence-corrected chi connectivity index (χ4v) is 1.42. The van der Waals surface area contributed by atoms with E-state index in [2.05, 4.69) is 0 Å². The number of para-hydroxylation sites is 1. The van der Waals surface area contributed by atoms with Gasteiger partial charge in [0, 0.05) is 5.56 Å². The van der Waals surface area contributed by atoms with Gasteiger partial charge in [-0.05, 0) is 6.07 Å². The molecule has 0 unspecified atom stereocenters. The quantitative estimate of drug-likeness (QED) is 0.480. The van der Waals surface area contributed by atoms with Crippen LogP contribution in [0, 0.1) is 5.41 Å². The van der Waals surface area contributed by atoms with Crippen molar-refractivity contribution in [2.45, 2.75) is 5.92 Å². The summed E-state index contributed by atoms with van der Waals surface area (Å²) in [7, 11) is 0. The van der Waals surface area contributed by atoms with E-state index >= 15 is 0 Å². The van der Waals surface area contributed by atoms with Crippen molar-refractivity contribution >= 4 is 5.84 Å². The zero-order chi connectivity index (χ0) is 8.55. The second-order valence-corrected chi connectivity index (χ2v) is 2.86. The third-order valence-electron chi connectivity index (χ3n) is 2.08. The van der Waals surface area contributed by atoms with Crippen molar-refractivity contribution in [3.8, 4) is 5.75 Å². The summed E-state index contributed by atoms with van der Waals surface area (Å²) in [6, 6.07) is 7.71. The second-order valence-electron chi connectivity index (χ2n) is 2.86. The Morgan fingerprint density at radius 2 is 2.25 bits per heavy atom. The molecule has 0 saturated heterocycles. The van der Waals surface area contributed by atoms with E-state index in [0.717, 1.165) is 11.3 Å². The van der Waals surface area contributed by atoms with E-state index in [1.54, 1.807) is 0 Å². The van der Waals surface area contributed by atoms with Gasteiger partial charge in [0.15, 0.2) is 0 Å². The molecule has 1 atom stereocenters. The van der Waals surface area contributed by atoms with Gasteiger partial charge in [0.1, 0.15) is 18.2 Å². The largest absolute Gasteiger partial charge is 0.492 e.